The number of sulfone groups is 1. The molecule has 4 heterocycles. The molecule has 0 radical (unpaired) electrons. The van der Waals surface area contributed by atoms with E-state index in [9.17, 15) is 8.42 Å². The first kappa shape index (κ1) is 17.5. The lowest BCUT2D eigenvalue weighted by atomic mass is 10.1. The fraction of sp³-hybridized carbons (Fsp3) is 0.294. The number of nitrogens with zero attached hydrogens (tertiary/aromatic N) is 5. The predicted octanol–water partition coefficient (Wildman–Crippen LogP) is 1.87. The SMILES string of the molecule is CS(=O)(=O)c1nc2nc(-c3cccc4[nH]ncc34)nc(N3CCOCC3)c2s1. The number of hydrogen-bond donors (Lipinski definition) is 1. The molecule has 0 saturated carbocycles. The molecule has 4 aromatic rings. The van der Waals surface area contributed by atoms with Crippen LogP contribution in [0.3, 0.4) is 0 Å². The van der Waals surface area contributed by atoms with Crippen LogP contribution in [0.25, 0.3) is 32.6 Å². The number of morpholine rings is 1. The van der Waals surface area contributed by atoms with Gasteiger partial charge in [0.25, 0.3) is 0 Å². The second-order valence-corrected chi connectivity index (χ2v) is 9.70. The number of nitrogens with one attached hydrogen (secondary N) is 1. The molecule has 0 unspecified atom stereocenters. The van der Waals surface area contributed by atoms with Gasteiger partial charge in [0.15, 0.2) is 17.3 Å². The maximum absolute atomic E-state index is 12.0. The van der Waals surface area contributed by atoms with E-state index in [0.29, 0.717) is 48.3 Å². The summed E-state index contributed by atoms with van der Waals surface area (Å²) < 4.78 is 30.2. The number of rotatable bonds is 3. The summed E-state index contributed by atoms with van der Waals surface area (Å²) in [7, 11) is -3.43. The molecule has 1 N–H and O–H groups in total. The topological polar surface area (TPSA) is 114 Å². The first-order valence-electron chi connectivity index (χ1n) is 8.64. The van der Waals surface area contributed by atoms with Gasteiger partial charge in [-0.3, -0.25) is 5.10 Å². The standard InChI is InChI=1S/C17H16N6O3S2/c1-28(24,25)17-21-15-13(27-17)16(23-5-7-26-8-6-23)20-14(19-15)10-3-2-4-12-11(10)9-18-22-12/h2-4,9H,5-8H2,1H3,(H,18,22). The summed E-state index contributed by atoms with van der Waals surface area (Å²) in [6.45, 7) is 2.53. The third-order valence-corrected chi connectivity index (χ3v) is 7.29. The summed E-state index contributed by atoms with van der Waals surface area (Å²) in [5.74, 6) is 1.18. The van der Waals surface area contributed by atoms with Gasteiger partial charge in [0.05, 0.1) is 24.9 Å². The Labute approximate surface area is 164 Å². The number of ether oxygens (including phenoxy) is 1. The Hall–Kier alpha value is -2.63. The van der Waals surface area contributed by atoms with Crippen LogP contribution in [0.15, 0.2) is 28.7 Å². The van der Waals surface area contributed by atoms with Gasteiger partial charge >= 0.3 is 0 Å². The second kappa shape index (κ2) is 6.47. The number of anilines is 1. The highest BCUT2D eigenvalue weighted by atomic mass is 32.2. The first-order chi connectivity index (χ1) is 13.5. The lowest BCUT2D eigenvalue weighted by Gasteiger charge is -2.28. The minimum Gasteiger partial charge on any atom is -0.378 e. The van der Waals surface area contributed by atoms with Crippen LogP contribution in [-0.4, -0.2) is 66.1 Å². The number of aromatic amines is 1. The van der Waals surface area contributed by atoms with Crippen molar-refractivity contribution in [3.8, 4) is 11.4 Å². The zero-order chi connectivity index (χ0) is 19.3. The van der Waals surface area contributed by atoms with Gasteiger partial charge < -0.3 is 9.64 Å². The maximum atomic E-state index is 12.0. The van der Waals surface area contributed by atoms with Crippen LogP contribution in [0.1, 0.15) is 0 Å². The van der Waals surface area contributed by atoms with Crippen molar-refractivity contribution in [1.29, 1.82) is 0 Å². The minimum absolute atomic E-state index is 0.0463. The number of hydrogen-bond acceptors (Lipinski definition) is 9. The number of benzene rings is 1. The smallest absolute Gasteiger partial charge is 0.211 e. The lowest BCUT2D eigenvalue weighted by molar-refractivity contribution is 0.122. The van der Waals surface area contributed by atoms with E-state index in [1.807, 2.05) is 18.2 Å². The van der Waals surface area contributed by atoms with Crippen molar-refractivity contribution in [2.75, 3.05) is 37.5 Å². The average Bonchev–Trinajstić information content (AvgIpc) is 3.34. The molecule has 1 aliphatic heterocycles. The zero-order valence-electron chi connectivity index (χ0n) is 14.9. The molecule has 0 bridgehead atoms. The number of thiazole rings is 1. The van der Waals surface area contributed by atoms with E-state index in [-0.39, 0.29) is 4.34 Å². The van der Waals surface area contributed by atoms with Gasteiger partial charge in [-0.15, -0.1) is 0 Å². The van der Waals surface area contributed by atoms with Crippen LogP contribution in [-0.2, 0) is 14.6 Å². The van der Waals surface area contributed by atoms with Gasteiger partial charge in [-0.2, -0.15) is 5.10 Å². The number of H-pyrrole nitrogens is 1. The lowest BCUT2D eigenvalue weighted by Crippen LogP contribution is -2.36. The number of aromatic nitrogens is 5. The Morgan fingerprint density at radius 1 is 1.18 bits per heavy atom. The van der Waals surface area contributed by atoms with E-state index in [1.54, 1.807) is 6.20 Å². The fourth-order valence-corrected chi connectivity index (χ4v) is 5.09. The van der Waals surface area contributed by atoms with E-state index in [1.165, 1.54) is 0 Å². The highest BCUT2D eigenvalue weighted by Crippen LogP contribution is 2.35. The fourth-order valence-electron chi connectivity index (χ4n) is 3.22. The molecular weight excluding hydrogens is 400 g/mol. The van der Waals surface area contributed by atoms with Gasteiger partial charge in [-0.05, 0) is 6.07 Å². The number of fused-ring (bicyclic) bond motifs is 2. The van der Waals surface area contributed by atoms with Crippen molar-refractivity contribution in [2.24, 2.45) is 0 Å². The average molecular weight is 416 g/mol. The van der Waals surface area contributed by atoms with Crippen molar-refractivity contribution >= 4 is 48.2 Å². The largest absolute Gasteiger partial charge is 0.378 e. The van der Waals surface area contributed by atoms with Crippen LogP contribution in [0.4, 0.5) is 5.82 Å². The summed E-state index contributed by atoms with van der Waals surface area (Å²) in [6.07, 6.45) is 2.88. The Morgan fingerprint density at radius 3 is 2.79 bits per heavy atom. The second-order valence-electron chi connectivity index (χ2n) is 6.51. The van der Waals surface area contributed by atoms with E-state index < -0.39 is 9.84 Å². The van der Waals surface area contributed by atoms with Crippen LogP contribution in [0.2, 0.25) is 0 Å². The van der Waals surface area contributed by atoms with Crippen molar-refractivity contribution in [1.82, 2.24) is 25.1 Å². The normalized spacial score (nSPS) is 15.5. The van der Waals surface area contributed by atoms with Crippen LogP contribution in [0, 0.1) is 0 Å². The summed E-state index contributed by atoms with van der Waals surface area (Å²) in [5.41, 5.74) is 2.08. The van der Waals surface area contributed by atoms with Gasteiger partial charge in [-0.1, -0.05) is 23.5 Å². The Morgan fingerprint density at radius 2 is 2.00 bits per heavy atom. The molecule has 0 atom stereocenters. The van der Waals surface area contributed by atoms with Crippen LogP contribution >= 0.6 is 11.3 Å². The van der Waals surface area contributed by atoms with E-state index in [2.05, 4.69) is 25.1 Å². The predicted molar refractivity (Wildman–Crippen MR) is 106 cm³/mol. The molecule has 1 fully saturated rings. The Bertz CT molecular complexity index is 1290. The maximum Gasteiger partial charge on any atom is 0.211 e. The minimum atomic E-state index is -3.43. The van der Waals surface area contributed by atoms with Crippen molar-refractivity contribution < 1.29 is 13.2 Å². The molecule has 28 heavy (non-hydrogen) atoms. The van der Waals surface area contributed by atoms with Gasteiger partial charge in [0.2, 0.25) is 14.2 Å². The van der Waals surface area contributed by atoms with Gasteiger partial charge in [0.1, 0.15) is 4.70 Å². The highest BCUT2D eigenvalue weighted by molar-refractivity contribution is 7.92. The molecule has 11 heteroatoms. The highest BCUT2D eigenvalue weighted by Gasteiger charge is 2.24. The van der Waals surface area contributed by atoms with Gasteiger partial charge in [-0.25, -0.2) is 23.4 Å². The van der Waals surface area contributed by atoms with Crippen molar-refractivity contribution in [2.45, 2.75) is 4.34 Å². The molecular formula is C17H16N6O3S2. The van der Waals surface area contributed by atoms with Crippen LogP contribution < -0.4 is 4.90 Å². The molecule has 3 aromatic heterocycles. The molecule has 1 aromatic carbocycles. The quantitative estimate of drug-likeness (QED) is 0.538. The van der Waals surface area contributed by atoms with Crippen molar-refractivity contribution in [3.63, 3.8) is 0 Å². The summed E-state index contributed by atoms with van der Waals surface area (Å²) in [5, 5.41) is 7.94. The van der Waals surface area contributed by atoms with E-state index >= 15 is 0 Å². The molecule has 0 spiro atoms. The summed E-state index contributed by atoms with van der Waals surface area (Å²) in [4.78, 5) is 15.8. The van der Waals surface area contributed by atoms with E-state index in [4.69, 9.17) is 9.72 Å². The Balaban J connectivity index is 1.77. The first-order valence-corrected chi connectivity index (χ1v) is 11.4. The third kappa shape index (κ3) is 2.91. The summed E-state index contributed by atoms with van der Waals surface area (Å²) >= 11 is 1.11. The van der Waals surface area contributed by atoms with Gasteiger partial charge in [0, 0.05) is 30.3 Å². The summed E-state index contributed by atoms with van der Waals surface area (Å²) in [6, 6.07) is 5.75. The van der Waals surface area contributed by atoms with Crippen molar-refractivity contribution in [3.05, 3.63) is 24.4 Å². The van der Waals surface area contributed by atoms with E-state index in [0.717, 1.165) is 34.1 Å². The molecule has 0 aliphatic carbocycles. The Kier molecular flexibility index (Phi) is 4.03. The molecule has 144 valence electrons. The third-order valence-electron chi connectivity index (χ3n) is 4.57. The monoisotopic (exact) mass is 416 g/mol. The zero-order valence-corrected chi connectivity index (χ0v) is 16.5. The molecule has 9 nitrogen and oxygen atoms in total. The molecule has 5 rings (SSSR count). The molecule has 0 amide bonds. The molecule has 1 saturated heterocycles. The van der Waals surface area contributed by atoms with Crippen LogP contribution in [0.5, 0.6) is 0 Å². The molecule has 1 aliphatic rings.